The maximum atomic E-state index is 11.7. The lowest BCUT2D eigenvalue weighted by Crippen LogP contribution is -2.39. The van der Waals surface area contributed by atoms with Crippen LogP contribution in [0.5, 0.6) is 0 Å². The number of alkyl halides is 1. The van der Waals surface area contributed by atoms with Crippen LogP contribution in [0.4, 0.5) is 0 Å². The number of esters is 2. The predicted octanol–water partition coefficient (Wildman–Crippen LogP) is 1.37. The SMILES string of the molecule is COC(=O)[C@H]1[C@@H]2C[C@@H]([C@@H]1C(=O)OC)[C@H](Br)C2. The summed E-state index contributed by atoms with van der Waals surface area (Å²) in [6, 6.07) is 0. The Morgan fingerprint density at radius 2 is 1.62 bits per heavy atom. The first-order valence-corrected chi connectivity index (χ1v) is 6.31. The molecule has 5 heteroatoms. The second-order valence-electron chi connectivity index (χ2n) is 4.51. The first-order valence-electron chi connectivity index (χ1n) is 5.39. The fourth-order valence-corrected chi connectivity index (χ4v) is 4.24. The molecular weight excluding hydrogens is 276 g/mol. The van der Waals surface area contributed by atoms with Crippen molar-refractivity contribution in [3.05, 3.63) is 0 Å². The Bertz CT molecular complexity index is 317. The van der Waals surface area contributed by atoms with Crippen molar-refractivity contribution < 1.29 is 19.1 Å². The highest BCUT2D eigenvalue weighted by molar-refractivity contribution is 9.09. The molecule has 0 N–H and O–H groups in total. The van der Waals surface area contributed by atoms with Crippen molar-refractivity contribution in [2.75, 3.05) is 14.2 Å². The monoisotopic (exact) mass is 290 g/mol. The third kappa shape index (κ3) is 1.65. The highest BCUT2D eigenvalue weighted by Crippen LogP contribution is 2.55. The molecule has 0 saturated heterocycles. The molecule has 0 amide bonds. The predicted molar refractivity (Wildman–Crippen MR) is 59.9 cm³/mol. The number of rotatable bonds is 2. The van der Waals surface area contributed by atoms with E-state index < -0.39 is 0 Å². The van der Waals surface area contributed by atoms with Gasteiger partial charge in [0.25, 0.3) is 0 Å². The minimum atomic E-state index is -0.333. The van der Waals surface area contributed by atoms with Gasteiger partial charge < -0.3 is 9.47 Å². The molecule has 0 aromatic rings. The average Bonchev–Trinajstić information content (AvgIpc) is 2.82. The zero-order valence-electron chi connectivity index (χ0n) is 9.31. The molecule has 2 fully saturated rings. The van der Waals surface area contributed by atoms with E-state index >= 15 is 0 Å². The first kappa shape index (κ1) is 11.9. The largest absolute Gasteiger partial charge is 0.469 e. The van der Waals surface area contributed by atoms with Crippen molar-refractivity contribution in [2.45, 2.75) is 17.7 Å². The number of carbonyl (C=O) groups excluding carboxylic acids is 2. The maximum absolute atomic E-state index is 11.7. The molecule has 16 heavy (non-hydrogen) atoms. The Kier molecular flexibility index (Phi) is 3.24. The Morgan fingerprint density at radius 1 is 1.06 bits per heavy atom. The number of ether oxygens (including phenoxy) is 2. The van der Waals surface area contributed by atoms with Crippen molar-refractivity contribution in [1.82, 2.24) is 0 Å². The van der Waals surface area contributed by atoms with Crippen LogP contribution in [-0.2, 0) is 19.1 Å². The Morgan fingerprint density at radius 3 is 2.19 bits per heavy atom. The standard InChI is InChI=1S/C11H15BrO4/c1-15-10(13)8-5-3-6(7(12)4-5)9(8)11(14)16-2/h5-9H,3-4H2,1-2H3/t5-,6-,7-,8+,9+/m1/s1. The van der Waals surface area contributed by atoms with Crippen LogP contribution < -0.4 is 0 Å². The van der Waals surface area contributed by atoms with Crippen molar-refractivity contribution in [3.63, 3.8) is 0 Å². The van der Waals surface area contributed by atoms with Crippen LogP contribution in [0.15, 0.2) is 0 Å². The van der Waals surface area contributed by atoms with Gasteiger partial charge in [-0.05, 0) is 24.7 Å². The van der Waals surface area contributed by atoms with E-state index in [9.17, 15) is 9.59 Å². The van der Waals surface area contributed by atoms with Gasteiger partial charge in [-0.3, -0.25) is 9.59 Å². The van der Waals surface area contributed by atoms with E-state index in [0.717, 1.165) is 12.8 Å². The van der Waals surface area contributed by atoms with Crippen LogP contribution >= 0.6 is 15.9 Å². The Balaban J connectivity index is 2.24. The minimum Gasteiger partial charge on any atom is -0.469 e. The molecule has 0 aromatic heterocycles. The molecule has 0 heterocycles. The van der Waals surface area contributed by atoms with Gasteiger partial charge >= 0.3 is 11.9 Å². The normalized spacial score (nSPS) is 40.8. The van der Waals surface area contributed by atoms with Gasteiger partial charge in [-0.25, -0.2) is 0 Å². The minimum absolute atomic E-state index is 0.210. The fourth-order valence-electron chi connectivity index (χ4n) is 3.21. The summed E-state index contributed by atoms with van der Waals surface area (Å²) >= 11 is 3.57. The molecular formula is C11H15BrO4. The van der Waals surface area contributed by atoms with Gasteiger partial charge in [0.15, 0.2) is 0 Å². The summed E-state index contributed by atoms with van der Waals surface area (Å²) in [6.45, 7) is 0. The zero-order valence-corrected chi connectivity index (χ0v) is 10.9. The highest BCUT2D eigenvalue weighted by atomic mass is 79.9. The van der Waals surface area contributed by atoms with Crippen LogP contribution in [-0.4, -0.2) is 31.0 Å². The number of halogens is 1. The molecule has 0 radical (unpaired) electrons. The molecule has 5 atom stereocenters. The van der Waals surface area contributed by atoms with E-state index in [1.54, 1.807) is 0 Å². The molecule has 2 aliphatic carbocycles. The van der Waals surface area contributed by atoms with E-state index in [1.807, 2.05) is 0 Å². The van der Waals surface area contributed by atoms with E-state index in [2.05, 4.69) is 15.9 Å². The topological polar surface area (TPSA) is 52.6 Å². The van der Waals surface area contributed by atoms with Crippen molar-refractivity contribution in [2.24, 2.45) is 23.7 Å². The van der Waals surface area contributed by atoms with E-state index in [1.165, 1.54) is 14.2 Å². The Hall–Kier alpha value is -0.580. The quantitative estimate of drug-likeness (QED) is 0.569. The van der Waals surface area contributed by atoms with Crippen LogP contribution in [0.3, 0.4) is 0 Å². The van der Waals surface area contributed by atoms with Gasteiger partial charge in [-0.2, -0.15) is 0 Å². The van der Waals surface area contributed by atoms with Crippen molar-refractivity contribution >= 4 is 27.9 Å². The van der Waals surface area contributed by atoms with Crippen molar-refractivity contribution in [1.29, 1.82) is 0 Å². The first-order chi connectivity index (χ1) is 7.60. The molecule has 0 unspecified atom stereocenters. The lowest BCUT2D eigenvalue weighted by molar-refractivity contribution is -0.159. The molecule has 2 saturated carbocycles. The number of fused-ring (bicyclic) bond motifs is 2. The van der Waals surface area contributed by atoms with Gasteiger partial charge in [-0.15, -0.1) is 0 Å². The third-order valence-corrected chi connectivity index (χ3v) is 4.92. The average molecular weight is 291 g/mol. The molecule has 0 spiro atoms. The summed E-state index contributed by atoms with van der Waals surface area (Å²) in [5.41, 5.74) is 0. The maximum Gasteiger partial charge on any atom is 0.309 e. The lowest BCUT2D eigenvalue weighted by Gasteiger charge is -2.29. The Labute approximate surface area is 103 Å². The number of methoxy groups -OCH3 is 2. The van der Waals surface area contributed by atoms with Gasteiger partial charge in [0.2, 0.25) is 0 Å². The highest BCUT2D eigenvalue weighted by Gasteiger charge is 2.58. The van der Waals surface area contributed by atoms with E-state index in [4.69, 9.17) is 9.47 Å². The molecule has 0 aliphatic heterocycles. The molecule has 2 aliphatic rings. The van der Waals surface area contributed by atoms with E-state index in [-0.39, 0.29) is 35.6 Å². The summed E-state index contributed by atoms with van der Waals surface area (Å²) in [7, 11) is 2.74. The lowest BCUT2D eigenvalue weighted by atomic mass is 9.79. The van der Waals surface area contributed by atoms with Crippen LogP contribution in [0, 0.1) is 23.7 Å². The van der Waals surface area contributed by atoms with Gasteiger partial charge in [-0.1, -0.05) is 15.9 Å². The van der Waals surface area contributed by atoms with Crippen LogP contribution in [0.1, 0.15) is 12.8 Å². The molecule has 2 bridgehead atoms. The van der Waals surface area contributed by atoms with E-state index in [0.29, 0.717) is 4.83 Å². The van der Waals surface area contributed by atoms with Crippen LogP contribution in [0.2, 0.25) is 0 Å². The molecule has 90 valence electrons. The molecule has 0 aromatic carbocycles. The molecule has 4 nitrogen and oxygen atoms in total. The number of carbonyl (C=O) groups is 2. The smallest absolute Gasteiger partial charge is 0.309 e. The molecule has 2 rings (SSSR count). The fraction of sp³-hybridized carbons (Fsp3) is 0.818. The summed E-state index contributed by atoms with van der Waals surface area (Å²) < 4.78 is 9.58. The zero-order chi connectivity index (χ0) is 11.9. The van der Waals surface area contributed by atoms with Gasteiger partial charge in [0.1, 0.15) is 0 Å². The summed E-state index contributed by atoms with van der Waals surface area (Å²) in [6.07, 6.45) is 1.85. The van der Waals surface area contributed by atoms with Gasteiger partial charge in [0.05, 0.1) is 26.1 Å². The number of hydrogen-bond acceptors (Lipinski definition) is 4. The van der Waals surface area contributed by atoms with Crippen molar-refractivity contribution in [3.8, 4) is 0 Å². The summed E-state index contributed by atoms with van der Waals surface area (Å²) in [5, 5.41) is 0. The van der Waals surface area contributed by atoms with Gasteiger partial charge in [0, 0.05) is 4.83 Å². The third-order valence-electron chi connectivity index (χ3n) is 3.87. The number of hydrogen-bond donors (Lipinski definition) is 0. The van der Waals surface area contributed by atoms with Crippen LogP contribution in [0.25, 0.3) is 0 Å². The summed E-state index contributed by atoms with van der Waals surface area (Å²) in [5.74, 6) is -0.737. The second-order valence-corrected chi connectivity index (χ2v) is 5.69. The summed E-state index contributed by atoms with van der Waals surface area (Å²) in [4.78, 5) is 23.7. The second kappa shape index (κ2) is 4.35.